The van der Waals surface area contributed by atoms with Crippen molar-refractivity contribution in [2.45, 2.75) is 0 Å². The summed E-state index contributed by atoms with van der Waals surface area (Å²) in [4.78, 5) is 11.9. The maximum atomic E-state index is 5.74. The topological polar surface area (TPSA) is 84.3 Å². The predicted molar refractivity (Wildman–Crippen MR) is 59.5 cm³/mol. The fourth-order valence-corrected chi connectivity index (χ4v) is 1.00. The number of rotatable bonds is 2. The summed E-state index contributed by atoms with van der Waals surface area (Å²) in [6.07, 6.45) is 0. The zero-order chi connectivity index (χ0) is 10.9. The van der Waals surface area contributed by atoms with Crippen LogP contribution in [-0.4, -0.2) is 38.2 Å². The molecule has 0 amide bonds. The van der Waals surface area contributed by atoms with Crippen LogP contribution in [0.25, 0.3) is 0 Å². The summed E-state index contributed by atoms with van der Waals surface area (Å²) in [6.45, 7) is 0. The van der Waals surface area contributed by atoms with Crippen LogP contribution in [0.1, 0.15) is 0 Å². The van der Waals surface area contributed by atoms with Crippen LogP contribution in [-0.2, 0) is 0 Å². The predicted octanol–water partition coefficient (Wildman–Crippen LogP) is -0.227. The Morgan fingerprint density at radius 1 is 0.929 bits per heavy atom. The third-order valence-corrected chi connectivity index (χ3v) is 1.77. The molecule has 14 heavy (non-hydrogen) atoms. The lowest BCUT2D eigenvalue weighted by Crippen LogP contribution is -2.20. The van der Waals surface area contributed by atoms with Gasteiger partial charge in [0.05, 0.1) is 0 Å². The molecule has 0 unspecified atom stereocenters. The van der Waals surface area contributed by atoms with E-state index in [1.165, 1.54) is 0 Å². The van der Waals surface area contributed by atoms with Gasteiger partial charge in [0.15, 0.2) is 11.6 Å². The third-order valence-electron chi connectivity index (χ3n) is 1.77. The van der Waals surface area contributed by atoms with Gasteiger partial charge < -0.3 is 21.3 Å². The minimum Gasteiger partial charge on any atom is -0.393 e. The molecule has 0 fully saturated rings. The van der Waals surface area contributed by atoms with E-state index in [9.17, 15) is 0 Å². The van der Waals surface area contributed by atoms with E-state index in [2.05, 4.69) is 9.97 Å². The molecule has 1 heterocycles. The summed E-state index contributed by atoms with van der Waals surface area (Å²) in [7, 11) is 7.42. The van der Waals surface area contributed by atoms with Crippen LogP contribution in [0.2, 0.25) is 0 Å². The van der Waals surface area contributed by atoms with E-state index in [4.69, 9.17) is 11.5 Å². The molecule has 0 aromatic carbocycles. The molecule has 0 saturated carbocycles. The van der Waals surface area contributed by atoms with Crippen molar-refractivity contribution >= 4 is 23.3 Å². The molecule has 0 aliphatic rings. The number of nitrogen functional groups attached to an aromatic ring is 2. The minimum absolute atomic E-state index is 0.312. The lowest BCUT2D eigenvalue weighted by atomic mass is 10.4. The minimum atomic E-state index is 0.312. The molecule has 0 saturated heterocycles. The van der Waals surface area contributed by atoms with Crippen molar-refractivity contribution in [2.75, 3.05) is 49.5 Å². The van der Waals surface area contributed by atoms with Crippen LogP contribution in [0.4, 0.5) is 23.3 Å². The highest BCUT2D eigenvalue weighted by Crippen LogP contribution is 2.25. The van der Waals surface area contributed by atoms with Gasteiger partial charge in [-0.1, -0.05) is 0 Å². The SMILES string of the molecule is CN(C)c1nc(N)c(N)c(N(C)C)n1. The molecule has 0 atom stereocenters. The fraction of sp³-hybridized carbons (Fsp3) is 0.500. The van der Waals surface area contributed by atoms with E-state index in [1.54, 1.807) is 9.80 Å². The standard InChI is InChI=1S/C8H16N6/c1-13(2)7-5(9)6(10)11-8(12-7)14(3)4/h9H2,1-4H3,(H2,10,11,12). The van der Waals surface area contributed by atoms with Gasteiger partial charge in [0.2, 0.25) is 5.95 Å². The lowest BCUT2D eigenvalue weighted by molar-refractivity contribution is 0.975. The Bertz CT molecular complexity index is 333. The van der Waals surface area contributed by atoms with Crippen molar-refractivity contribution in [1.82, 2.24) is 9.97 Å². The Labute approximate surface area is 83.5 Å². The third kappa shape index (κ3) is 1.78. The fourth-order valence-electron chi connectivity index (χ4n) is 1.00. The number of aromatic nitrogens is 2. The summed E-state index contributed by atoms with van der Waals surface area (Å²) >= 11 is 0. The molecule has 6 nitrogen and oxygen atoms in total. The van der Waals surface area contributed by atoms with Gasteiger partial charge >= 0.3 is 0 Å². The van der Waals surface area contributed by atoms with Crippen molar-refractivity contribution in [1.29, 1.82) is 0 Å². The molecule has 0 spiro atoms. The summed E-state index contributed by atoms with van der Waals surface area (Å²) < 4.78 is 0. The molecule has 0 radical (unpaired) electrons. The van der Waals surface area contributed by atoms with E-state index in [1.807, 2.05) is 28.2 Å². The summed E-state index contributed by atoms with van der Waals surface area (Å²) in [5.41, 5.74) is 11.8. The van der Waals surface area contributed by atoms with E-state index < -0.39 is 0 Å². The van der Waals surface area contributed by atoms with Crippen molar-refractivity contribution in [3.8, 4) is 0 Å². The first-order chi connectivity index (χ1) is 6.43. The molecular formula is C8H16N6. The number of anilines is 4. The van der Waals surface area contributed by atoms with Crippen molar-refractivity contribution < 1.29 is 0 Å². The summed E-state index contributed by atoms with van der Waals surface area (Å²) in [5.74, 6) is 1.51. The van der Waals surface area contributed by atoms with Gasteiger partial charge in [-0.2, -0.15) is 9.97 Å². The molecule has 6 heteroatoms. The van der Waals surface area contributed by atoms with Crippen LogP contribution >= 0.6 is 0 Å². The van der Waals surface area contributed by atoms with E-state index in [0.717, 1.165) is 0 Å². The van der Waals surface area contributed by atoms with Crippen LogP contribution in [0.15, 0.2) is 0 Å². The summed E-state index contributed by atoms with van der Waals surface area (Å²) in [5, 5.41) is 0. The molecule has 1 aromatic rings. The molecule has 0 aliphatic heterocycles. The zero-order valence-electron chi connectivity index (χ0n) is 8.94. The Hall–Kier alpha value is -1.72. The Morgan fingerprint density at radius 2 is 1.50 bits per heavy atom. The second-order valence-corrected chi connectivity index (χ2v) is 3.43. The van der Waals surface area contributed by atoms with Gasteiger partial charge in [0, 0.05) is 28.2 Å². The van der Waals surface area contributed by atoms with Crippen LogP contribution < -0.4 is 21.3 Å². The lowest BCUT2D eigenvalue weighted by Gasteiger charge is -2.18. The smallest absolute Gasteiger partial charge is 0.228 e. The first-order valence-electron chi connectivity index (χ1n) is 4.21. The number of nitrogens with zero attached hydrogens (tertiary/aromatic N) is 4. The van der Waals surface area contributed by atoms with Crippen molar-refractivity contribution in [3.63, 3.8) is 0 Å². The second kappa shape index (κ2) is 3.57. The number of hydrogen-bond donors (Lipinski definition) is 2. The highest BCUT2D eigenvalue weighted by atomic mass is 15.3. The van der Waals surface area contributed by atoms with Gasteiger partial charge in [-0.05, 0) is 0 Å². The molecule has 1 rings (SSSR count). The van der Waals surface area contributed by atoms with E-state index >= 15 is 0 Å². The molecule has 1 aromatic heterocycles. The molecular weight excluding hydrogens is 180 g/mol. The Balaban J connectivity index is 3.28. The number of hydrogen-bond acceptors (Lipinski definition) is 6. The highest BCUT2D eigenvalue weighted by molar-refractivity contribution is 5.74. The van der Waals surface area contributed by atoms with Crippen molar-refractivity contribution in [3.05, 3.63) is 0 Å². The number of nitrogens with two attached hydrogens (primary N) is 2. The van der Waals surface area contributed by atoms with Crippen molar-refractivity contribution in [2.24, 2.45) is 0 Å². The maximum Gasteiger partial charge on any atom is 0.228 e. The monoisotopic (exact) mass is 196 g/mol. The van der Waals surface area contributed by atoms with Crippen LogP contribution in [0.5, 0.6) is 0 Å². The molecule has 0 aliphatic carbocycles. The van der Waals surface area contributed by atoms with Gasteiger partial charge in [0.1, 0.15) is 5.69 Å². The first-order valence-corrected chi connectivity index (χ1v) is 4.21. The van der Waals surface area contributed by atoms with Crippen LogP contribution in [0.3, 0.4) is 0 Å². The maximum absolute atomic E-state index is 5.74. The van der Waals surface area contributed by atoms with Gasteiger partial charge in [0.25, 0.3) is 0 Å². The first kappa shape index (κ1) is 10.4. The Kier molecular flexibility index (Phi) is 2.64. The normalized spacial score (nSPS) is 10.0. The molecule has 78 valence electrons. The Morgan fingerprint density at radius 3 is 1.93 bits per heavy atom. The average molecular weight is 196 g/mol. The zero-order valence-corrected chi connectivity index (χ0v) is 8.94. The van der Waals surface area contributed by atoms with E-state index in [-0.39, 0.29) is 0 Å². The van der Waals surface area contributed by atoms with Gasteiger partial charge in [-0.15, -0.1) is 0 Å². The van der Waals surface area contributed by atoms with Gasteiger partial charge in [-0.3, -0.25) is 0 Å². The highest BCUT2D eigenvalue weighted by Gasteiger charge is 2.11. The average Bonchev–Trinajstić information content (AvgIpc) is 2.08. The largest absolute Gasteiger partial charge is 0.393 e. The van der Waals surface area contributed by atoms with E-state index in [0.29, 0.717) is 23.3 Å². The summed E-state index contributed by atoms with van der Waals surface area (Å²) in [6, 6.07) is 0. The molecule has 0 bridgehead atoms. The molecule has 4 N–H and O–H groups in total. The van der Waals surface area contributed by atoms with Crippen LogP contribution in [0, 0.1) is 0 Å². The second-order valence-electron chi connectivity index (χ2n) is 3.43. The quantitative estimate of drug-likeness (QED) is 0.680. The van der Waals surface area contributed by atoms with Gasteiger partial charge in [-0.25, -0.2) is 0 Å².